The summed E-state index contributed by atoms with van der Waals surface area (Å²) in [6.45, 7) is 2.01. The van der Waals surface area contributed by atoms with Crippen molar-refractivity contribution in [1.29, 1.82) is 0 Å². The van der Waals surface area contributed by atoms with Gasteiger partial charge in [0.15, 0.2) is 5.58 Å². The minimum Gasteiger partial charge on any atom is -0.430 e. The molecule has 1 aromatic heterocycles. The predicted octanol–water partition coefficient (Wildman–Crippen LogP) is 3.03. The largest absolute Gasteiger partial charge is 0.430 e. The topological polar surface area (TPSA) is 69.1 Å². The highest BCUT2D eigenvalue weighted by Crippen LogP contribution is 2.21. The summed E-state index contributed by atoms with van der Waals surface area (Å²) in [5.74, 6) is 0.393. The monoisotopic (exact) mass is 286 g/mol. The van der Waals surface area contributed by atoms with E-state index in [1.165, 1.54) is 0 Å². The van der Waals surface area contributed by atoms with E-state index < -0.39 is 10.8 Å². The smallest absolute Gasteiger partial charge is 0.288 e. The van der Waals surface area contributed by atoms with Gasteiger partial charge >= 0.3 is 0 Å². The maximum absolute atomic E-state index is 12.3. The Kier molecular flexibility index (Phi) is 3.28. The Morgan fingerprint density at radius 1 is 1.25 bits per heavy atom. The Labute approximate surface area is 119 Å². The first-order chi connectivity index (χ1) is 9.61. The number of anilines is 1. The molecule has 1 heterocycles. The summed E-state index contributed by atoms with van der Waals surface area (Å²) in [7, 11) is -1.30. The summed E-state index contributed by atoms with van der Waals surface area (Å²) in [5.41, 5.74) is 9.69. The van der Waals surface area contributed by atoms with E-state index in [0.717, 1.165) is 11.1 Å². The molecule has 102 valence electrons. The van der Waals surface area contributed by atoms with Crippen LogP contribution in [0.15, 0.2) is 52.1 Å². The Hall–Kier alpha value is -2.14. The van der Waals surface area contributed by atoms with E-state index in [1.54, 1.807) is 18.2 Å². The van der Waals surface area contributed by atoms with E-state index in [4.69, 9.17) is 10.2 Å². The van der Waals surface area contributed by atoms with Gasteiger partial charge in [-0.15, -0.1) is 0 Å². The van der Waals surface area contributed by atoms with Crippen LogP contribution in [0.4, 0.5) is 5.69 Å². The summed E-state index contributed by atoms with van der Waals surface area (Å²) < 4.78 is 17.8. The van der Waals surface area contributed by atoms with Crippen LogP contribution in [-0.2, 0) is 16.6 Å². The van der Waals surface area contributed by atoms with E-state index in [-0.39, 0.29) is 5.22 Å². The molecule has 3 aromatic rings. The fourth-order valence-electron chi connectivity index (χ4n) is 2.04. The Bertz CT molecular complexity index is 795. The third-order valence-corrected chi connectivity index (χ3v) is 4.13. The maximum atomic E-state index is 12.3. The van der Waals surface area contributed by atoms with Gasteiger partial charge in [0.2, 0.25) is 0 Å². The molecular formula is C15H14N2O2S. The first kappa shape index (κ1) is 12.9. The van der Waals surface area contributed by atoms with E-state index in [9.17, 15) is 4.21 Å². The number of benzene rings is 2. The quantitative estimate of drug-likeness (QED) is 0.751. The molecule has 0 aliphatic heterocycles. The van der Waals surface area contributed by atoms with Gasteiger partial charge in [-0.3, -0.25) is 0 Å². The molecule has 0 aliphatic rings. The lowest BCUT2D eigenvalue weighted by molar-refractivity contribution is 0.477. The van der Waals surface area contributed by atoms with Crippen molar-refractivity contribution in [2.75, 3.05) is 5.73 Å². The Balaban J connectivity index is 1.88. The van der Waals surface area contributed by atoms with Crippen LogP contribution < -0.4 is 5.73 Å². The molecule has 2 N–H and O–H groups in total. The van der Waals surface area contributed by atoms with Crippen LogP contribution in [0.5, 0.6) is 0 Å². The highest BCUT2D eigenvalue weighted by Gasteiger charge is 2.13. The molecule has 2 aromatic carbocycles. The summed E-state index contributed by atoms with van der Waals surface area (Å²) >= 11 is 0. The third kappa shape index (κ3) is 2.58. The Morgan fingerprint density at radius 2 is 2.10 bits per heavy atom. The zero-order valence-electron chi connectivity index (χ0n) is 11.0. The van der Waals surface area contributed by atoms with Crippen molar-refractivity contribution in [3.8, 4) is 0 Å². The molecule has 1 atom stereocenters. The molecule has 1 unspecified atom stereocenters. The van der Waals surface area contributed by atoms with Gasteiger partial charge in [-0.2, -0.15) is 0 Å². The van der Waals surface area contributed by atoms with E-state index in [0.29, 0.717) is 22.5 Å². The minimum atomic E-state index is -1.30. The van der Waals surface area contributed by atoms with Crippen molar-refractivity contribution in [3.05, 3.63) is 53.6 Å². The second-order valence-corrected chi connectivity index (χ2v) is 6.01. The molecule has 0 bridgehead atoms. The number of rotatable bonds is 3. The standard InChI is InChI=1S/C15H14N2O2S/c1-10-3-2-4-11(7-10)9-20(18)15-17-13-8-12(16)5-6-14(13)19-15/h2-8H,9,16H2,1H3. The van der Waals surface area contributed by atoms with Gasteiger partial charge in [0.25, 0.3) is 5.22 Å². The number of nitrogens with zero attached hydrogens (tertiary/aromatic N) is 1. The van der Waals surface area contributed by atoms with Crippen LogP contribution in [0.2, 0.25) is 0 Å². The lowest BCUT2D eigenvalue weighted by atomic mass is 10.2. The third-order valence-electron chi connectivity index (χ3n) is 2.97. The minimum absolute atomic E-state index is 0.243. The van der Waals surface area contributed by atoms with E-state index in [2.05, 4.69) is 4.98 Å². The maximum Gasteiger partial charge on any atom is 0.288 e. The van der Waals surface area contributed by atoms with Crippen molar-refractivity contribution in [1.82, 2.24) is 4.98 Å². The molecule has 5 heteroatoms. The number of nitrogens with two attached hydrogens (primary N) is 1. The first-order valence-corrected chi connectivity index (χ1v) is 7.54. The summed E-state index contributed by atoms with van der Waals surface area (Å²) in [6, 6.07) is 13.1. The molecule has 0 aliphatic carbocycles. The van der Waals surface area contributed by atoms with Gasteiger partial charge in [-0.1, -0.05) is 29.8 Å². The lowest BCUT2D eigenvalue weighted by Crippen LogP contribution is -1.96. The van der Waals surface area contributed by atoms with Crippen LogP contribution in [0, 0.1) is 6.92 Å². The highest BCUT2D eigenvalue weighted by molar-refractivity contribution is 7.84. The van der Waals surface area contributed by atoms with Crippen molar-refractivity contribution >= 4 is 27.6 Å². The first-order valence-electron chi connectivity index (χ1n) is 6.22. The SMILES string of the molecule is Cc1cccc(CS(=O)c2nc3cc(N)ccc3o2)c1. The Morgan fingerprint density at radius 3 is 2.90 bits per heavy atom. The molecule has 0 spiro atoms. The number of hydrogen-bond acceptors (Lipinski definition) is 4. The molecule has 0 amide bonds. The van der Waals surface area contributed by atoms with Gasteiger partial charge < -0.3 is 10.2 Å². The molecule has 4 nitrogen and oxygen atoms in total. The summed E-state index contributed by atoms with van der Waals surface area (Å²) in [4.78, 5) is 4.25. The van der Waals surface area contributed by atoms with Crippen molar-refractivity contribution < 1.29 is 8.63 Å². The van der Waals surface area contributed by atoms with Crippen LogP contribution in [0.1, 0.15) is 11.1 Å². The number of oxazole rings is 1. The molecule has 20 heavy (non-hydrogen) atoms. The van der Waals surface area contributed by atoms with Crippen LogP contribution in [-0.4, -0.2) is 9.19 Å². The average Bonchev–Trinajstić information content (AvgIpc) is 2.81. The van der Waals surface area contributed by atoms with E-state index >= 15 is 0 Å². The van der Waals surface area contributed by atoms with Gasteiger partial charge in [0, 0.05) is 5.69 Å². The summed E-state index contributed by atoms with van der Waals surface area (Å²) in [5, 5.41) is 0.243. The fourth-order valence-corrected chi connectivity index (χ4v) is 3.02. The average molecular weight is 286 g/mol. The predicted molar refractivity (Wildman–Crippen MR) is 79.7 cm³/mol. The fraction of sp³-hybridized carbons (Fsp3) is 0.133. The van der Waals surface area contributed by atoms with Crippen molar-refractivity contribution in [2.45, 2.75) is 17.9 Å². The van der Waals surface area contributed by atoms with Crippen LogP contribution in [0.25, 0.3) is 11.1 Å². The van der Waals surface area contributed by atoms with Crippen molar-refractivity contribution in [3.63, 3.8) is 0 Å². The van der Waals surface area contributed by atoms with Gasteiger partial charge in [0.05, 0.1) is 5.75 Å². The van der Waals surface area contributed by atoms with E-state index in [1.807, 2.05) is 31.2 Å². The number of fused-ring (bicyclic) bond motifs is 1. The molecule has 3 rings (SSSR count). The molecule has 0 saturated carbocycles. The number of aromatic nitrogens is 1. The normalized spacial score (nSPS) is 12.7. The second kappa shape index (κ2) is 5.09. The number of hydrogen-bond donors (Lipinski definition) is 1. The number of nitrogen functional groups attached to an aromatic ring is 1. The zero-order valence-corrected chi connectivity index (χ0v) is 11.8. The second-order valence-electron chi connectivity index (χ2n) is 4.69. The van der Waals surface area contributed by atoms with Gasteiger partial charge in [-0.05, 0) is 30.7 Å². The highest BCUT2D eigenvalue weighted by atomic mass is 32.2. The van der Waals surface area contributed by atoms with Crippen molar-refractivity contribution in [2.24, 2.45) is 0 Å². The molecular weight excluding hydrogens is 272 g/mol. The summed E-state index contributed by atoms with van der Waals surface area (Å²) in [6.07, 6.45) is 0. The lowest BCUT2D eigenvalue weighted by Gasteiger charge is -2.00. The van der Waals surface area contributed by atoms with Gasteiger partial charge in [-0.25, -0.2) is 9.19 Å². The number of aryl methyl sites for hydroxylation is 1. The van der Waals surface area contributed by atoms with Gasteiger partial charge in [0.1, 0.15) is 16.3 Å². The molecule has 0 saturated heterocycles. The zero-order chi connectivity index (χ0) is 14.1. The molecule has 0 radical (unpaired) electrons. The van der Waals surface area contributed by atoms with Crippen LogP contribution in [0.3, 0.4) is 0 Å². The van der Waals surface area contributed by atoms with Crippen LogP contribution >= 0.6 is 0 Å². The molecule has 0 fully saturated rings.